The van der Waals surface area contributed by atoms with E-state index in [-0.39, 0.29) is 22.7 Å². The number of nitrogens with zero attached hydrogens (tertiary/aromatic N) is 3. The average Bonchev–Trinajstić information content (AvgIpc) is 3.13. The molecule has 1 amide bonds. The first-order valence-corrected chi connectivity index (χ1v) is 15.9. The topological polar surface area (TPSA) is 117 Å². The van der Waals surface area contributed by atoms with E-state index in [0.29, 0.717) is 47.5 Å². The molecule has 2 N–H and O–H groups in total. The van der Waals surface area contributed by atoms with Crippen LogP contribution in [0.5, 0.6) is 0 Å². The molecular weight excluding hydrogens is 628 g/mol. The summed E-state index contributed by atoms with van der Waals surface area (Å²) in [7, 11) is -1.76. The van der Waals surface area contributed by atoms with E-state index in [9.17, 15) is 19.3 Å². The molecule has 3 aromatic carbocycles. The highest BCUT2D eigenvalue weighted by molar-refractivity contribution is 9.10. The fourth-order valence-corrected chi connectivity index (χ4v) is 8.62. The van der Waals surface area contributed by atoms with Crippen LogP contribution in [0.15, 0.2) is 59.1 Å². The Balaban J connectivity index is 1.69. The fraction of sp³-hybridized carbons (Fsp3) is 0.345. The lowest BCUT2D eigenvalue weighted by molar-refractivity contribution is -0.384. The number of hydrogen-bond donors (Lipinski definition) is 2. The van der Waals surface area contributed by atoms with E-state index >= 15 is 4.57 Å². The Morgan fingerprint density at radius 1 is 1.12 bits per heavy atom. The average molecular weight is 660 g/mol. The SMILES string of the molecule is C[C@@H]1N(C)c2cc(NC(=O)c3ccc(F)cc3)c([P@@](=O)(Nc3ccc([N+](=O)[O-])cc3Br)N3CCOCC3)cc2C1(C)C. The number of morpholine rings is 1. The zero-order valence-corrected chi connectivity index (χ0v) is 26.2. The summed E-state index contributed by atoms with van der Waals surface area (Å²) in [6.45, 7) is 7.81. The first-order valence-electron chi connectivity index (χ1n) is 13.5. The molecule has 10 nitrogen and oxygen atoms in total. The van der Waals surface area contributed by atoms with Crippen molar-refractivity contribution >= 4 is 57.3 Å². The Labute approximate surface area is 252 Å². The molecular formula is C29H32BrFN5O5P. The number of likely N-dealkylation sites (N-methyl/N-ethyl adjacent to an activating group) is 1. The van der Waals surface area contributed by atoms with Crippen LogP contribution in [0.3, 0.4) is 0 Å². The maximum Gasteiger partial charge on any atom is 0.270 e. The number of carbonyl (C=O) groups is 1. The van der Waals surface area contributed by atoms with Gasteiger partial charge in [-0.25, -0.2) is 9.06 Å². The lowest BCUT2D eigenvalue weighted by atomic mass is 9.81. The zero-order valence-electron chi connectivity index (χ0n) is 23.7. The number of rotatable bonds is 7. The van der Waals surface area contributed by atoms with Crippen molar-refractivity contribution in [3.63, 3.8) is 0 Å². The van der Waals surface area contributed by atoms with Crippen LogP contribution in [-0.4, -0.2) is 54.9 Å². The molecule has 5 rings (SSSR count). The second kappa shape index (κ2) is 11.4. The molecule has 1 saturated heterocycles. The lowest BCUT2D eigenvalue weighted by Gasteiger charge is -2.37. The summed E-state index contributed by atoms with van der Waals surface area (Å²) in [4.78, 5) is 26.4. The van der Waals surface area contributed by atoms with Gasteiger partial charge in [-0.3, -0.25) is 19.5 Å². The third kappa shape index (κ3) is 5.44. The van der Waals surface area contributed by atoms with Gasteiger partial charge in [0, 0.05) is 59.5 Å². The normalized spacial score (nSPS) is 19.6. The van der Waals surface area contributed by atoms with Crippen molar-refractivity contribution in [2.75, 3.05) is 48.7 Å². The minimum atomic E-state index is -3.75. The van der Waals surface area contributed by atoms with Gasteiger partial charge >= 0.3 is 0 Å². The maximum atomic E-state index is 15.5. The van der Waals surface area contributed by atoms with E-state index in [1.165, 1.54) is 42.5 Å². The van der Waals surface area contributed by atoms with Gasteiger partial charge in [0.05, 0.1) is 34.8 Å². The quantitative estimate of drug-likeness (QED) is 0.177. The van der Waals surface area contributed by atoms with Gasteiger partial charge in [-0.05, 0) is 70.9 Å². The standard InChI is InChI=1S/C29H32BrFN5O5P/c1-18-29(2,3)22-16-27(25(17-26(22)34(18)4)32-28(37)19-5-7-20(31)8-6-19)42(40,35-11-13-41-14-12-35)33-24-10-9-21(36(38)39)15-23(24)30/h5-10,15-18H,11-14H2,1-4H3,(H,32,37)(H,33,40)/t18-,42+/m0/s1. The fourth-order valence-electron chi connectivity index (χ4n) is 5.44. The number of halogens is 2. The van der Waals surface area contributed by atoms with Crippen molar-refractivity contribution in [3.05, 3.63) is 86.1 Å². The van der Waals surface area contributed by atoms with E-state index in [1.807, 2.05) is 23.9 Å². The van der Waals surface area contributed by atoms with Gasteiger partial charge in [0.2, 0.25) is 0 Å². The monoisotopic (exact) mass is 659 g/mol. The maximum absolute atomic E-state index is 15.5. The Bertz CT molecular complexity index is 1600. The third-order valence-electron chi connectivity index (χ3n) is 8.32. The van der Waals surface area contributed by atoms with Crippen molar-refractivity contribution in [2.45, 2.75) is 32.2 Å². The molecule has 13 heteroatoms. The molecule has 2 aliphatic heterocycles. The summed E-state index contributed by atoms with van der Waals surface area (Å²) in [6, 6.07) is 13.3. The van der Waals surface area contributed by atoms with Gasteiger partial charge in [0.15, 0.2) is 0 Å². The van der Waals surface area contributed by atoms with Crippen LogP contribution >= 0.6 is 23.4 Å². The molecule has 0 spiro atoms. The highest BCUT2D eigenvalue weighted by Gasteiger charge is 2.44. The number of anilines is 3. The van der Waals surface area contributed by atoms with Crippen molar-refractivity contribution < 1.29 is 23.4 Å². The molecule has 3 aromatic rings. The largest absolute Gasteiger partial charge is 0.379 e. The molecule has 0 saturated carbocycles. The molecule has 1 fully saturated rings. The van der Waals surface area contributed by atoms with Crippen LogP contribution in [0.2, 0.25) is 0 Å². The molecule has 0 bridgehead atoms. The van der Waals surface area contributed by atoms with Crippen LogP contribution in [0, 0.1) is 15.9 Å². The first kappa shape index (κ1) is 30.2. The minimum absolute atomic E-state index is 0.114. The van der Waals surface area contributed by atoms with Crippen LogP contribution in [0.25, 0.3) is 0 Å². The van der Waals surface area contributed by atoms with Crippen molar-refractivity contribution in [1.29, 1.82) is 0 Å². The van der Waals surface area contributed by atoms with Crippen LogP contribution < -0.4 is 20.6 Å². The van der Waals surface area contributed by atoms with Gasteiger partial charge in [-0.1, -0.05) is 13.8 Å². The molecule has 2 heterocycles. The van der Waals surface area contributed by atoms with Gasteiger partial charge in [-0.2, -0.15) is 0 Å². The highest BCUT2D eigenvalue weighted by atomic mass is 79.9. The van der Waals surface area contributed by atoms with Crippen molar-refractivity contribution in [3.8, 4) is 0 Å². The van der Waals surface area contributed by atoms with E-state index < -0.39 is 24.1 Å². The van der Waals surface area contributed by atoms with Gasteiger partial charge in [0.1, 0.15) is 5.82 Å². The van der Waals surface area contributed by atoms with E-state index in [0.717, 1.165) is 11.3 Å². The number of benzene rings is 3. The second-order valence-electron chi connectivity index (χ2n) is 11.0. The second-order valence-corrected chi connectivity index (χ2v) is 14.3. The van der Waals surface area contributed by atoms with Crippen molar-refractivity contribution in [1.82, 2.24) is 4.67 Å². The number of ether oxygens (including phenoxy) is 1. The number of hydrogen-bond acceptors (Lipinski definition) is 6. The smallest absolute Gasteiger partial charge is 0.270 e. The van der Waals surface area contributed by atoms with E-state index in [4.69, 9.17) is 4.74 Å². The molecule has 0 radical (unpaired) electrons. The first-order chi connectivity index (χ1) is 19.8. The number of nitro benzene ring substituents is 1. The number of fused-ring (bicyclic) bond motifs is 1. The summed E-state index contributed by atoms with van der Waals surface area (Å²) in [5.41, 5.74) is 2.45. The number of nitrogens with one attached hydrogen (secondary N) is 2. The predicted octanol–water partition coefficient (Wildman–Crippen LogP) is 6.13. The number of nitro groups is 1. The summed E-state index contributed by atoms with van der Waals surface area (Å²) in [6.07, 6.45) is 0. The molecule has 2 atom stereocenters. The molecule has 2 aliphatic rings. The number of non-ortho nitro benzene ring substituents is 1. The van der Waals surface area contributed by atoms with E-state index in [1.54, 1.807) is 0 Å². The summed E-state index contributed by atoms with van der Waals surface area (Å²) < 4.78 is 36.8. The van der Waals surface area contributed by atoms with Crippen molar-refractivity contribution in [2.24, 2.45) is 0 Å². The van der Waals surface area contributed by atoms with Crippen LogP contribution in [0.4, 0.5) is 27.1 Å². The van der Waals surface area contributed by atoms with Gasteiger partial charge < -0.3 is 20.0 Å². The van der Waals surface area contributed by atoms with Crippen LogP contribution in [-0.2, 0) is 14.7 Å². The van der Waals surface area contributed by atoms with E-state index in [2.05, 4.69) is 52.0 Å². The predicted molar refractivity (Wildman–Crippen MR) is 166 cm³/mol. The summed E-state index contributed by atoms with van der Waals surface area (Å²) in [5, 5.41) is 17.9. The Kier molecular flexibility index (Phi) is 8.19. The molecule has 42 heavy (non-hydrogen) atoms. The molecule has 0 unspecified atom stereocenters. The Morgan fingerprint density at radius 3 is 2.40 bits per heavy atom. The Morgan fingerprint density at radius 2 is 1.79 bits per heavy atom. The Hall–Kier alpha value is -3.31. The highest BCUT2D eigenvalue weighted by Crippen LogP contribution is 2.54. The number of carbonyl (C=O) groups excluding carboxylic acids is 1. The van der Waals surface area contributed by atoms with Crippen LogP contribution in [0.1, 0.15) is 36.7 Å². The summed E-state index contributed by atoms with van der Waals surface area (Å²) >= 11 is 3.41. The zero-order chi connectivity index (χ0) is 30.4. The third-order valence-corrected chi connectivity index (χ3v) is 11.7. The molecule has 0 aliphatic carbocycles. The lowest BCUT2D eigenvalue weighted by Crippen LogP contribution is -2.40. The van der Waals surface area contributed by atoms with Gasteiger partial charge in [0.25, 0.3) is 19.0 Å². The minimum Gasteiger partial charge on any atom is -0.379 e. The number of amides is 1. The van der Waals surface area contributed by atoms with Gasteiger partial charge in [-0.15, -0.1) is 0 Å². The molecule has 0 aromatic heterocycles. The summed E-state index contributed by atoms with van der Waals surface area (Å²) in [5.74, 6) is -0.938. The molecule has 222 valence electrons.